The molecule has 2 aromatic heterocycles. The van der Waals surface area contributed by atoms with Gasteiger partial charge in [-0.05, 0) is 26.0 Å². The third-order valence-corrected chi connectivity index (χ3v) is 2.44. The van der Waals surface area contributed by atoms with Crippen LogP contribution in [0, 0.1) is 13.8 Å². The van der Waals surface area contributed by atoms with Crippen molar-refractivity contribution in [3.05, 3.63) is 29.4 Å². The Kier molecular flexibility index (Phi) is 3.56. The molecular weight excluding hydrogens is 275 g/mol. The Bertz CT molecular complexity index is 629. The van der Waals surface area contributed by atoms with Crippen molar-refractivity contribution in [1.82, 2.24) is 15.1 Å². The molecule has 0 fully saturated rings. The van der Waals surface area contributed by atoms with E-state index < -0.39 is 18.4 Å². The summed E-state index contributed by atoms with van der Waals surface area (Å²) in [6.07, 6.45) is -5.86. The van der Waals surface area contributed by atoms with Gasteiger partial charge in [0.15, 0.2) is 0 Å². The van der Waals surface area contributed by atoms with Crippen molar-refractivity contribution in [2.75, 3.05) is 0 Å². The molecule has 2 rings (SSSR count). The maximum absolute atomic E-state index is 12.1. The number of rotatable bonds is 3. The lowest BCUT2D eigenvalue weighted by molar-refractivity contribution is -0.170. The third kappa shape index (κ3) is 3.19. The van der Waals surface area contributed by atoms with E-state index in [0.717, 1.165) is 11.4 Å². The minimum atomic E-state index is -4.90. The zero-order valence-electron chi connectivity index (χ0n) is 10.7. The molecule has 0 aliphatic carbocycles. The number of Topliss-reactive ketones (excluding diaryl/α,β-unsaturated/α-hetero) is 1. The zero-order chi connectivity index (χ0) is 14.9. The first-order valence-corrected chi connectivity index (χ1v) is 5.64. The summed E-state index contributed by atoms with van der Waals surface area (Å²) in [5.41, 5.74) is 2.01. The molecule has 0 aliphatic heterocycles. The summed E-state index contributed by atoms with van der Waals surface area (Å²) >= 11 is 0. The van der Waals surface area contributed by atoms with Crippen LogP contribution in [0.1, 0.15) is 17.3 Å². The van der Waals surface area contributed by atoms with Crippen molar-refractivity contribution in [3.63, 3.8) is 0 Å². The summed E-state index contributed by atoms with van der Waals surface area (Å²) in [7, 11) is 0. The Labute approximate surface area is 111 Å². The fraction of sp³-hybridized carbons (Fsp3) is 0.333. The average Bonchev–Trinajstić information content (AvgIpc) is 2.75. The van der Waals surface area contributed by atoms with Crippen LogP contribution in [0.2, 0.25) is 0 Å². The van der Waals surface area contributed by atoms with Crippen molar-refractivity contribution in [2.45, 2.75) is 26.4 Å². The molecule has 0 atom stereocenters. The molecule has 106 valence electrons. The summed E-state index contributed by atoms with van der Waals surface area (Å²) in [5, 5.41) is 3.57. The van der Waals surface area contributed by atoms with E-state index in [9.17, 15) is 18.0 Å². The van der Waals surface area contributed by atoms with Gasteiger partial charge in [0.05, 0.1) is 6.42 Å². The predicted molar refractivity (Wildman–Crippen MR) is 61.8 cm³/mol. The zero-order valence-corrected chi connectivity index (χ0v) is 10.7. The summed E-state index contributed by atoms with van der Waals surface area (Å²) in [6.45, 7) is 3.54. The SMILES string of the molecule is Cc1cc(-c2noc(CC(=O)C(F)(F)F)n2)cc(C)n1. The van der Waals surface area contributed by atoms with E-state index in [4.69, 9.17) is 0 Å². The first-order chi connectivity index (χ1) is 9.25. The smallest absolute Gasteiger partial charge is 0.338 e. The van der Waals surface area contributed by atoms with Crippen LogP contribution >= 0.6 is 0 Å². The number of hydrogen-bond acceptors (Lipinski definition) is 5. The quantitative estimate of drug-likeness (QED) is 0.866. The van der Waals surface area contributed by atoms with Gasteiger partial charge >= 0.3 is 6.18 Å². The van der Waals surface area contributed by atoms with E-state index in [1.807, 2.05) is 0 Å². The summed E-state index contributed by atoms with van der Waals surface area (Å²) < 4.78 is 41.0. The number of halogens is 3. The molecule has 0 saturated heterocycles. The Balaban J connectivity index is 2.23. The molecule has 2 heterocycles. The third-order valence-electron chi connectivity index (χ3n) is 2.44. The number of aryl methyl sites for hydroxylation is 2. The van der Waals surface area contributed by atoms with Crippen LogP contribution in [0.5, 0.6) is 0 Å². The van der Waals surface area contributed by atoms with Gasteiger partial charge in [-0.25, -0.2) is 0 Å². The van der Waals surface area contributed by atoms with Gasteiger partial charge in [-0.2, -0.15) is 18.2 Å². The van der Waals surface area contributed by atoms with Crippen molar-refractivity contribution in [2.24, 2.45) is 0 Å². The second-order valence-corrected chi connectivity index (χ2v) is 4.25. The minimum absolute atomic E-state index is 0.128. The predicted octanol–water partition coefficient (Wildman–Crippen LogP) is 2.42. The van der Waals surface area contributed by atoms with E-state index >= 15 is 0 Å². The molecule has 5 nitrogen and oxygen atoms in total. The van der Waals surface area contributed by atoms with E-state index in [-0.39, 0.29) is 11.7 Å². The number of alkyl halides is 3. The molecule has 8 heteroatoms. The van der Waals surface area contributed by atoms with E-state index in [0.29, 0.717) is 5.56 Å². The van der Waals surface area contributed by atoms with Crippen molar-refractivity contribution in [1.29, 1.82) is 0 Å². The molecule has 0 aliphatic rings. The molecular formula is C12H10F3N3O2. The molecule has 0 spiro atoms. The van der Waals surface area contributed by atoms with E-state index in [1.54, 1.807) is 26.0 Å². The molecule has 0 radical (unpaired) electrons. The highest BCUT2D eigenvalue weighted by Gasteiger charge is 2.39. The summed E-state index contributed by atoms with van der Waals surface area (Å²) in [4.78, 5) is 18.8. The van der Waals surface area contributed by atoms with Crippen molar-refractivity contribution >= 4 is 5.78 Å². The maximum Gasteiger partial charge on any atom is 0.450 e. The highest BCUT2D eigenvalue weighted by Crippen LogP contribution is 2.21. The van der Waals surface area contributed by atoms with E-state index in [1.165, 1.54) is 0 Å². The Morgan fingerprint density at radius 3 is 2.35 bits per heavy atom. The number of nitrogens with zero attached hydrogens (tertiary/aromatic N) is 3. The first-order valence-electron chi connectivity index (χ1n) is 5.64. The molecule has 0 saturated carbocycles. The normalized spacial score (nSPS) is 11.7. The fourth-order valence-electron chi connectivity index (χ4n) is 1.65. The lowest BCUT2D eigenvalue weighted by atomic mass is 10.2. The highest BCUT2D eigenvalue weighted by molar-refractivity contribution is 5.85. The van der Waals surface area contributed by atoms with Crippen LogP contribution in [-0.4, -0.2) is 27.1 Å². The standard InChI is InChI=1S/C12H10F3N3O2/c1-6-3-8(4-7(2)16-6)11-17-10(20-18-11)5-9(19)12(13,14)15/h3-4H,5H2,1-2H3. The van der Waals surface area contributed by atoms with Gasteiger partial charge in [-0.15, -0.1) is 0 Å². The van der Waals surface area contributed by atoms with Crippen molar-refractivity contribution < 1.29 is 22.5 Å². The van der Waals surface area contributed by atoms with Gasteiger partial charge in [-0.3, -0.25) is 9.78 Å². The topological polar surface area (TPSA) is 68.9 Å². The van der Waals surface area contributed by atoms with Gasteiger partial charge in [-0.1, -0.05) is 5.16 Å². The molecule has 0 N–H and O–H groups in total. The van der Waals surface area contributed by atoms with Gasteiger partial charge < -0.3 is 4.52 Å². The van der Waals surface area contributed by atoms with Crippen LogP contribution in [0.15, 0.2) is 16.7 Å². The van der Waals surface area contributed by atoms with Crippen LogP contribution in [0.25, 0.3) is 11.4 Å². The van der Waals surface area contributed by atoms with Crippen LogP contribution in [-0.2, 0) is 11.2 Å². The van der Waals surface area contributed by atoms with Crippen molar-refractivity contribution in [3.8, 4) is 11.4 Å². The van der Waals surface area contributed by atoms with Gasteiger partial charge in [0.25, 0.3) is 0 Å². The van der Waals surface area contributed by atoms with Crippen LogP contribution in [0.3, 0.4) is 0 Å². The average molecular weight is 285 g/mol. The Morgan fingerprint density at radius 2 is 1.80 bits per heavy atom. The van der Waals surface area contributed by atoms with Crippen LogP contribution in [0.4, 0.5) is 13.2 Å². The Morgan fingerprint density at radius 1 is 1.20 bits per heavy atom. The monoisotopic (exact) mass is 285 g/mol. The minimum Gasteiger partial charge on any atom is -0.338 e. The van der Waals surface area contributed by atoms with Gasteiger partial charge in [0, 0.05) is 17.0 Å². The maximum atomic E-state index is 12.1. The number of ketones is 1. The number of carbonyl (C=O) groups excluding carboxylic acids is 1. The molecule has 0 bridgehead atoms. The number of aromatic nitrogens is 3. The lowest BCUT2D eigenvalue weighted by Gasteiger charge is -2.01. The second-order valence-electron chi connectivity index (χ2n) is 4.25. The number of hydrogen-bond donors (Lipinski definition) is 0. The fourth-order valence-corrected chi connectivity index (χ4v) is 1.65. The first kappa shape index (κ1) is 14.2. The summed E-state index contributed by atoms with van der Waals surface area (Å²) in [5.74, 6) is -2.16. The Hall–Kier alpha value is -2.25. The number of pyridine rings is 1. The van der Waals surface area contributed by atoms with Crippen LogP contribution < -0.4 is 0 Å². The molecule has 0 amide bonds. The lowest BCUT2D eigenvalue weighted by Crippen LogP contribution is -2.24. The molecule has 0 aromatic carbocycles. The molecule has 2 aromatic rings. The second kappa shape index (κ2) is 5.03. The van der Waals surface area contributed by atoms with Gasteiger partial charge in [0.1, 0.15) is 0 Å². The largest absolute Gasteiger partial charge is 0.450 e. The number of carbonyl (C=O) groups is 1. The molecule has 20 heavy (non-hydrogen) atoms. The van der Waals surface area contributed by atoms with Gasteiger partial charge in [0.2, 0.25) is 17.5 Å². The highest BCUT2D eigenvalue weighted by atomic mass is 19.4. The van der Waals surface area contributed by atoms with E-state index in [2.05, 4.69) is 19.6 Å². The summed E-state index contributed by atoms with van der Waals surface area (Å²) in [6, 6.07) is 3.35. The molecule has 0 unspecified atom stereocenters.